The van der Waals surface area contributed by atoms with Crippen molar-refractivity contribution in [1.82, 2.24) is 14.9 Å². The van der Waals surface area contributed by atoms with Gasteiger partial charge in [0.2, 0.25) is 0 Å². The summed E-state index contributed by atoms with van der Waals surface area (Å²) in [6.07, 6.45) is -0.451. The number of carbonyl (C=O) groups is 3. The molecular formula is C20H25BrN4O5. The fourth-order valence-electron chi connectivity index (χ4n) is 3.89. The van der Waals surface area contributed by atoms with Gasteiger partial charge in [-0.25, -0.2) is 4.79 Å². The zero-order valence-corrected chi connectivity index (χ0v) is 18.3. The van der Waals surface area contributed by atoms with E-state index in [9.17, 15) is 14.4 Å². The monoisotopic (exact) mass is 480 g/mol. The van der Waals surface area contributed by atoms with Crippen molar-refractivity contribution in [3.63, 3.8) is 0 Å². The molecule has 0 spiro atoms. The molecule has 3 amide bonds. The largest absolute Gasteiger partial charge is 0.434 e. The van der Waals surface area contributed by atoms with Crippen molar-refractivity contribution in [2.24, 2.45) is 0 Å². The normalized spacial score (nSPS) is 20.8. The summed E-state index contributed by atoms with van der Waals surface area (Å²) in [5.74, 6) is -0.921. The third kappa shape index (κ3) is 4.76. The van der Waals surface area contributed by atoms with E-state index >= 15 is 0 Å². The van der Waals surface area contributed by atoms with Crippen LogP contribution in [0.25, 0.3) is 0 Å². The van der Waals surface area contributed by atoms with Gasteiger partial charge in [0.25, 0.3) is 11.8 Å². The molecule has 3 fully saturated rings. The Bertz CT molecular complexity index is 805. The maximum Gasteiger partial charge on any atom is 0.434 e. The highest BCUT2D eigenvalue weighted by Gasteiger charge is 2.35. The zero-order chi connectivity index (χ0) is 21.1. The van der Waals surface area contributed by atoms with Crippen LogP contribution in [0.15, 0.2) is 22.7 Å². The van der Waals surface area contributed by atoms with Crippen LogP contribution in [0.5, 0.6) is 0 Å². The first kappa shape index (κ1) is 21.1. The van der Waals surface area contributed by atoms with E-state index in [-0.39, 0.29) is 12.8 Å². The number of rotatable bonds is 4. The summed E-state index contributed by atoms with van der Waals surface area (Å²) in [4.78, 5) is 46.8. The fourth-order valence-corrected chi connectivity index (χ4v) is 4.24. The average Bonchev–Trinajstić information content (AvgIpc) is 3.08. The van der Waals surface area contributed by atoms with Crippen LogP contribution in [0.2, 0.25) is 0 Å². The molecule has 0 N–H and O–H groups in total. The number of amides is 3. The number of carbonyl (C=O) groups excluding carboxylic acids is 3. The van der Waals surface area contributed by atoms with Crippen molar-refractivity contribution in [3.05, 3.63) is 28.2 Å². The Balaban J connectivity index is 1.33. The standard InChI is InChI=1S/C20H25BrN4O5/c21-16-2-1-15(17(13-16)23-9-11-29-12-10-23)14-22-5-7-24(8-6-22)20(28)30-25-18(26)3-4-19(25)27/h1-2,13H,3-12,14H2. The number of hydrogen-bond acceptors (Lipinski definition) is 7. The van der Waals surface area contributed by atoms with Crippen molar-refractivity contribution in [3.8, 4) is 0 Å². The molecular weight excluding hydrogens is 456 g/mol. The third-order valence-electron chi connectivity index (χ3n) is 5.60. The lowest BCUT2D eigenvalue weighted by molar-refractivity contribution is -0.174. The number of halogens is 1. The smallest absolute Gasteiger partial charge is 0.378 e. The Kier molecular flexibility index (Phi) is 6.55. The Hall–Kier alpha value is -2.17. The van der Waals surface area contributed by atoms with Crippen LogP contribution in [-0.2, 0) is 25.7 Å². The first-order valence-corrected chi connectivity index (χ1v) is 11.0. The lowest BCUT2D eigenvalue weighted by Gasteiger charge is -2.36. The van der Waals surface area contributed by atoms with Crippen LogP contribution in [0.4, 0.5) is 10.5 Å². The molecule has 1 aromatic rings. The van der Waals surface area contributed by atoms with E-state index < -0.39 is 17.9 Å². The molecule has 3 aliphatic heterocycles. The molecule has 10 heteroatoms. The van der Waals surface area contributed by atoms with Crippen LogP contribution in [-0.4, -0.2) is 85.3 Å². The number of imide groups is 1. The first-order valence-electron chi connectivity index (χ1n) is 10.2. The summed E-state index contributed by atoms with van der Waals surface area (Å²) in [5, 5.41) is 0.602. The highest BCUT2D eigenvalue weighted by molar-refractivity contribution is 9.10. The molecule has 0 aliphatic carbocycles. The van der Waals surface area contributed by atoms with E-state index in [1.54, 1.807) is 4.90 Å². The molecule has 0 bridgehead atoms. The first-order chi connectivity index (χ1) is 14.5. The van der Waals surface area contributed by atoms with Crippen molar-refractivity contribution >= 4 is 39.5 Å². The Morgan fingerprint density at radius 2 is 1.67 bits per heavy atom. The van der Waals surface area contributed by atoms with E-state index in [1.165, 1.54) is 11.3 Å². The van der Waals surface area contributed by atoms with Crippen molar-refractivity contribution in [2.75, 3.05) is 57.4 Å². The number of nitrogens with zero attached hydrogens (tertiary/aromatic N) is 4. The number of hydroxylamine groups is 2. The van der Waals surface area contributed by atoms with Gasteiger partial charge in [0.15, 0.2) is 0 Å². The van der Waals surface area contributed by atoms with Crippen LogP contribution >= 0.6 is 15.9 Å². The van der Waals surface area contributed by atoms with Gasteiger partial charge in [-0.1, -0.05) is 22.0 Å². The Morgan fingerprint density at radius 1 is 1.00 bits per heavy atom. The predicted octanol–water partition coefficient (Wildman–Crippen LogP) is 1.60. The van der Waals surface area contributed by atoms with Gasteiger partial charge in [0.1, 0.15) is 0 Å². The minimum Gasteiger partial charge on any atom is -0.378 e. The number of ether oxygens (including phenoxy) is 1. The number of hydrogen-bond donors (Lipinski definition) is 0. The average molecular weight is 481 g/mol. The van der Waals surface area contributed by atoms with E-state index in [0.717, 1.165) is 37.3 Å². The molecule has 0 aromatic heterocycles. The molecule has 162 valence electrons. The lowest BCUT2D eigenvalue weighted by Crippen LogP contribution is -2.50. The molecule has 3 saturated heterocycles. The number of anilines is 1. The number of piperazine rings is 1. The summed E-state index contributed by atoms with van der Waals surface area (Å²) in [7, 11) is 0. The second kappa shape index (κ2) is 9.32. The van der Waals surface area contributed by atoms with Gasteiger partial charge < -0.3 is 19.4 Å². The third-order valence-corrected chi connectivity index (χ3v) is 6.09. The van der Waals surface area contributed by atoms with Gasteiger partial charge in [0.05, 0.1) is 13.2 Å². The van der Waals surface area contributed by atoms with Crippen LogP contribution < -0.4 is 4.90 Å². The van der Waals surface area contributed by atoms with Gasteiger partial charge in [-0.05, 0) is 17.7 Å². The van der Waals surface area contributed by atoms with Gasteiger partial charge >= 0.3 is 6.09 Å². The van der Waals surface area contributed by atoms with E-state index in [2.05, 4.69) is 43.9 Å². The summed E-state index contributed by atoms with van der Waals surface area (Å²) < 4.78 is 6.53. The Morgan fingerprint density at radius 3 is 2.33 bits per heavy atom. The van der Waals surface area contributed by atoms with Gasteiger partial charge in [-0.2, -0.15) is 0 Å². The van der Waals surface area contributed by atoms with Crippen LogP contribution in [0.1, 0.15) is 18.4 Å². The minimum atomic E-state index is -0.643. The Labute approximate surface area is 183 Å². The quantitative estimate of drug-likeness (QED) is 0.605. The molecule has 0 atom stereocenters. The maximum atomic E-state index is 12.3. The van der Waals surface area contributed by atoms with Crippen LogP contribution in [0.3, 0.4) is 0 Å². The molecule has 1 aromatic carbocycles. The predicted molar refractivity (Wildman–Crippen MR) is 112 cm³/mol. The highest BCUT2D eigenvalue weighted by atomic mass is 79.9. The lowest BCUT2D eigenvalue weighted by atomic mass is 10.1. The maximum absolute atomic E-state index is 12.3. The van der Waals surface area contributed by atoms with E-state index in [0.29, 0.717) is 31.2 Å². The van der Waals surface area contributed by atoms with Gasteiger partial charge in [-0.15, -0.1) is 5.06 Å². The zero-order valence-electron chi connectivity index (χ0n) is 16.7. The van der Waals surface area contributed by atoms with Crippen molar-refractivity contribution in [1.29, 1.82) is 0 Å². The summed E-state index contributed by atoms with van der Waals surface area (Å²) in [5.41, 5.74) is 2.45. The number of morpholine rings is 1. The fraction of sp³-hybridized carbons (Fsp3) is 0.550. The molecule has 0 unspecified atom stereocenters. The van der Waals surface area contributed by atoms with Crippen molar-refractivity contribution in [2.45, 2.75) is 19.4 Å². The molecule has 0 saturated carbocycles. The van der Waals surface area contributed by atoms with Gasteiger partial charge in [0, 0.05) is 68.8 Å². The second-order valence-corrected chi connectivity index (χ2v) is 8.49. The van der Waals surface area contributed by atoms with Crippen molar-refractivity contribution < 1.29 is 24.0 Å². The van der Waals surface area contributed by atoms with E-state index in [1.807, 2.05) is 0 Å². The summed E-state index contributed by atoms with van der Waals surface area (Å²) >= 11 is 3.57. The topological polar surface area (TPSA) is 82.6 Å². The molecule has 4 rings (SSSR count). The molecule has 9 nitrogen and oxygen atoms in total. The second-order valence-electron chi connectivity index (χ2n) is 7.57. The SMILES string of the molecule is O=C(ON1C(=O)CCC1=O)N1CCN(Cc2ccc(Br)cc2N2CCOCC2)CC1. The summed E-state index contributed by atoms with van der Waals surface area (Å²) in [6, 6.07) is 6.34. The summed E-state index contributed by atoms with van der Waals surface area (Å²) in [6.45, 7) is 6.34. The highest BCUT2D eigenvalue weighted by Crippen LogP contribution is 2.27. The number of benzene rings is 1. The molecule has 3 aliphatic rings. The van der Waals surface area contributed by atoms with E-state index in [4.69, 9.17) is 9.57 Å². The van der Waals surface area contributed by atoms with Gasteiger partial charge in [-0.3, -0.25) is 14.5 Å². The molecule has 30 heavy (non-hydrogen) atoms. The minimum absolute atomic E-state index is 0.0958. The molecule has 3 heterocycles. The molecule has 0 radical (unpaired) electrons. The van der Waals surface area contributed by atoms with Crippen LogP contribution in [0, 0.1) is 0 Å².